The molecule has 0 saturated heterocycles. The summed E-state index contributed by atoms with van der Waals surface area (Å²) in [6.07, 6.45) is 3.46. The molecule has 3 amide bonds. The molecule has 1 aliphatic rings. The second-order valence-electron chi connectivity index (χ2n) is 7.26. The van der Waals surface area contributed by atoms with Gasteiger partial charge in [0, 0.05) is 64.3 Å². The van der Waals surface area contributed by atoms with E-state index in [1.165, 1.54) is 13.2 Å². The van der Waals surface area contributed by atoms with Gasteiger partial charge in [-0.05, 0) is 6.07 Å². The number of para-hydroxylation sites is 1. The average Bonchev–Trinajstić information content (AvgIpc) is 3.13. The lowest BCUT2D eigenvalue weighted by Crippen LogP contribution is -2.25. The van der Waals surface area contributed by atoms with E-state index in [-0.39, 0.29) is 5.91 Å². The van der Waals surface area contributed by atoms with E-state index in [2.05, 4.69) is 36.2 Å². The van der Waals surface area contributed by atoms with E-state index in [9.17, 15) is 9.59 Å². The summed E-state index contributed by atoms with van der Waals surface area (Å²) in [5.74, 6) is 0.0336. The van der Waals surface area contributed by atoms with Gasteiger partial charge in [0.05, 0.1) is 28.3 Å². The number of carbonyl (C=O) groups excluding carboxylic acids is 2. The number of fused-ring (bicyclic) bond motifs is 3. The summed E-state index contributed by atoms with van der Waals surface area (Å²) in [7, 11) is 7.01. The van der Waals surface area contributed by atoms with Crippen LogP contribution in [0.3, 0.4) is 0 Å². The first-order valence-electron chi connectivity index (χ1n) is 9.76. The Morgan fingerprint density at radius 2 is 1.90 bits per heavy atom. The van der Waals surface area contributed by atoms with Crippen molar-refractivity contribution in [3.63, 3.8) is 0 Å². The molecule has 0 saturated carbocycles. The van der Waals surface area contributed by atoms with Crippen molar-refractivity contribution in [2.45, 2.75) is 6.54 Å². The van der Waals surface area contributed by atoms with Gasteiger partial charge in [0.1, 0.15) is 5.82 Å². The van der Waals surface area contributed by atoms with E-state index in [1.54, 1.807) is 13.1 Å². The van der Waals surface area contributed by atoms with Crippen LogP contribution >= 0.6 is 0 Å². The fourth-order valence-corrected chi connectivity index (χ4v) is 3.73. The van der Waals surface area contributed by atoms with Crippen molar-refractivity contribution < 1.29 is 9.59 Å². The van der Waals surface area contributed by atoms with Crippen molar-refractivity contribution in [1.82, 2.24) is 25.4 Å². The first kappa shape index (κ1) is 20.2. The van der Waals surface area contributed by atoms with Crippen molar-refractivity contribution in [1.29, 1.82) is 0 Å². The number of nitrogens with one attached hydrogen (secondary N) is 4. The Kier molecular flexibility index (Phi) is 5.20. The van der Waals surface area contributed by atoms with Gasteiger partial charge in [-0.3, -0.25) is 14.8 Å². The summed E-state index contributed by atoms with van der Waals surface area (Å²) in [6.45, 7) is 0.719. The molecule has 4 N–H and O–H groups in total. The van der Waals surface area contributed by atoms with Gasteiger partial charge in [0.15, 0.2) is 0 Å². The third-order valence-corrected chi connectivity index (χ3v) is 5.10. The van der Waals surface area contributed by atoms with Crippen molar-refractivity contribution in [2.75, 3.05) is 36.7 Å². The highest BCUT2D eigenvalue weighted by atomic mass is 16.2. The smallest absolute Gasteiger partial charge is 0.320 e. The van der Waals surface area contributed by atoms with Gasteiger partial charge in [-0.25, -0.2) is 9.78 Å². The molecule has 0 radical (unpaired) electrons. The highest BCUT2D eigenvalue weighted by Crippen LogP contribution is 2.43. The Hall–Kier alpha value is -4.08. The van der Waals surface area contributed by atoms with Gasteiger partial charge in [0.2, 0.25) is 0 Å². The first-order valence-corrected chi connectivity index (χ1v) is 9.76. The standard InChI is InChI=1S/C21H24N8O2/c1-22-20(30)14-9-24-17(26-21(31)23-2)8-16(14)25-15-7-5-6-13-18-12(11-29(4)27-18)10-28(3)19(13)15/h5-9,11H,10H2,1-4H3,(H,22,30)(H3,23,24,25,26,31). The van der Waals surface area contributed by atoms with E-state index >= 15 is 0 Å². The lowest BCUT2D eigenvalue weighted by molar-refractivity contribution is 0.0963. The number of benzene rings is 1. The summed E-state index contributed by atoms with van der Waals surface area (Å²) in [4.78, 5) is 30.4. The molecule has 2 aromatic heterocycles. The van der Waals surface area contributed by atoms with Crippen LogP contribution in [0, 0.1) is 0 Å². The summed E-state index contributed by atoms with van der Waals surface area (Å²) >= 11 is 0. The third kappa shape index (κ3) is 3.75. The van der Waals surface area contributed by atoms with Gasteiger partial charge >= 0.3 is 6.03 Å². The predicted octanol–water partition coefficient (Wildman–Crippen LogP) is 2.29. The minimum atomic E-state index is -0.398. The summed E-state index contributed by atoms with van der Waals surface area (Å²) in [5.41, 5.74) is 5.79. The summed E-state index contributed by atoms with van der Waals surface area (Å²) in [6, 6.07) is 7.17. The largest absolute Gasteiger partial charge is 0.368 e. The number of anilines is 4. The zero-order valence-corrected chi connectivity index (χ0v) is 17.8. The van der Waals surface area contributed by atoms with E-state index < -0.39 is 6.03 Å². The van der Waals surface area contributed by atoms with Crippen LogP contribution in [0.5, 0.6) is 0 Å². The molecule has 31 heavy (non-hydrogen) atoms. The van der Waals surface area contributed by atoms with Gasteiger partial charge < -0.3 is 20.9 Å². The third-order valence-electron chi connectivity index (χ3n) is 5.10. The molecular formula is C21H24N8O2. The second kappa shape index (κ2) is 7.98. The van der Waals surface area contributed by atoms with Crippen molar-refractivity contribution >= 4 is 34.8 Å². The maximum atomic E-state index is 12.4. The SMILES string of the molecule is CNC(=O)Nc1cc(Nc2cccc3c2N(C)Cc2cn(C)nc2-3)c(C(=O)NC)cn1. The molecule has 10 nitrogen and oxygen atoms in total. The monoisotopic (exact) mass is 420 g/mol. The Labute approximate surface area is 179 Å². The number of carbonyl (C=O) groups is 2. The highest BCUT2D eigenvalue weighted by Gasteiger charge is 2.25. The Morgan fingerprint density at radius 1 is 1.10 bits per heavy atom. The number of hydrogen-bond donors (Lipinski definition) is 4. The Balaban J connectivity index is 1.78. The van der Waals surface area contributed by atoms with Crippen LogP contribution in [0.2, 0.25) is 0 Å². The van der Waals surface area contributed by atoms with E-state index in [4.69, 9.17) is 0 Å². The van der Waals surface area contributed by atoms with E-state index in [0.29, 0.717) is 17.1 Å². The van der Waals surface area contributed by atoms with Crippen molar-refractivity contribution in [3.05, 3.63) is 47.8 Å². The van der Waals surface area contributed by atoms with Crippen LogP contribution < -0.4 is 26.2 Å². The molecule has 0 unspecified atom stereocenters. The molecule has 160 valence electrons. The molecule has 4 rings (SSSR count). The molecular weight excluding hydrogens is 396 g/mol. The zero-order valence-electron chi connectivity index (χ0n) is 17.8. The number of rotatable bonds is 4. The summed E-state index contributed by atoms with van der Waals surface area (Å²) < 4.78 is 1.82. The van der Waals surface area contributed by atoms with E-state index in [0.717, 1.165) is 34.7 Å². The molecule has 0 bridgehead atoms. The number of hydrogen-bond acceptors (Lipinski definition) is 6. The molecule has 3 aromatic rings. The normalized spacial score (nSPS) is 11.9. The van der Waals surface area contributed by atoms with Crippen molar-refractivity contribution in [3.8, 4) is 11.3 Å². The lowest BCUT2D eigenvalue weighted by Gasteiger charge is -2.29. The highest BCUT2D eigenvalue weighted by molar-refractivity contribution is 6.02. The Bertz CT molecular complexity index is 1170. The number of pyridine rings is 1. The molecule has 3 heterocycles. The number of aromatic nitrogens is 3. The van der Waals surface area contributed by atoms with Crippen LogP contribution in [-0.4, -0.2) is 47.8 Å². The fraction of sp³-hybridized carbons (Fsp3) is 0.238. The topological polar surface area (TPSA) is 116 Å². The fourth-order valence-electron chi connectivity index (χ4n) is 3.73. The van der Waals surface area contributed by atoms with Crippen LogP contribution in [-0.2, 0) is 13.6 Å². The maximum Gasteiger partial charge on any atom is 0.320 e. The van der Waals surface area contributed by atoms with E-state index in [1.807, 2.05) is 43.2 Å². The number of amides is 3. The van der Waals surface area contributed by atoms with Gasteiger partial charge in [0.25, 0.3) is 5.91 Å². The first-order chi connectivity index (χ1) is 14.9. The lowest BCUT2D eigenvalue weighted by atomic mass is 9.99. The molecule has 1 aliphatic heterocycles. The van der Waals surface area contributed by atoms with Crippen LogP contribution in [0.15, 0.2) is 36.7 Å². The van der Waals surface area contributed by atoms with Gasteiger partial charge in [-0.15, -0.1) is 0 Å². The minimum Gasteiger partial charge on any atom is -0.368 e. The number of aryl methyl sites for hydroxylation is 1. The average molecular weight is 420 g/mol. The Morgan fingerprint density at radius 3 is 2.65 bits per heavy atom. The second-order valence-corrected chi connectivity index (χ2v) is 7.26. The van der Waals surface area contributed by atoms with Crippen LogP contribution in [0.1, 0.15) is 15.9 Å². The quantitative estimate of drug-likeness (QED) is 0.515. The van der Waals surface area contributed by atoms with Crippen LogP contribution in [0.25, 0.3) is 11.3 Å². The predicted molar refractivity (Wildman–Crippen MR) is 120 cm³/mol. The molecule has 10 heteroatoms. The minimum absolute atomic E-state index is 0.286. The van der Waals surface area contributed by atoms with Crippen molar-refractivity contribution in [2.24, 2.45) is 7.05 Å². The van der Waals surface area contributed by atoms with Crippen LogP contribution in [0.4, 0.5) is 27.7 Å². The number of nitrogens with zero attached hydrogens (tertiary/aromatic N) is 4. The van der Waals surface area contributed by atoms with Gasteiger partial charge in [-0.1, -0.05) is 12.1 Å². The molecule has 0 atom stereocenters. The van der Waals surface area contributed by atoms with Gasteiger partial charge in [-0.2, -0.15) is 5.10 Å². The molecule has 1 aromatic carbocycles. The number of urea groups is 1. The molecule has 0 aliphatic carbocycles. The summed E-state index contributed by atoms with van der Waals surface area (Å²) in [5, 5.41) is 15.7. The zero-order chi connectivity index (χ0) is 22.1. The molecule has 0 spiro atoms. The maximum absolute atomic E-state index is 12.4. The molecule has 0 fully saturated rings.